The van der Waals surface area contributed by atoms with Crippen molar-refractivity contribution in [1.82, 2.24) is 9.99 Å². The van der Waals surface area contributed by atoms with Crippen LogP contribution < -0.4 is 19.5 Å². The number of unbranched alkanes of at least 4 members (excludes halogenated alkanes) is 3. The predicted octanol–water partition coefficient (Wildman–Crippen LogP) is 9.91. The van der Waals surface area contributed by atoms with Crippen molar-refractivity contribution >= 4 is 20.4 Å². The third kappa shape index (κ3) is 10.2. The van der Waals surface area contributed by atoms with Gasteiger partial charge in [0.25, 0.3) is 14.4 Å². The zero-order valence-corrected chi connectivity index (χ0v) is 35.1. The molecule has 0 aliphatic carbocycles. The number of ether oxygens (including phenoxy) is 4. The first-order chi connectivity index (χ1) is 26.8. The normalized spacial score (nSPS) is 14.4. The molecule has 1 unspecified atom stereocenters. The Kier molecular flexibility index (Phi) is 15.2. The van der Waals surface area contributed by atoms with Gasteiger partial charge in [-0.1, -0.05) is 46.6 Å². The third-order valence-electron chi connectivity index (χ3n) is 9.40. The lowest BCUT2D eigenvalue weighted by atomic mass is 9.77. The van der Waals surface area contributed by atoms with Gasteiger partial charge in [-0.2, -0.15) is 5.26 Å². The second-order valence-corrected chi connectivity index (χ2v) is 17.2. The molecule has 11 nitrogen and oxygen atoms in total. The van der Waals surface area contributed by atoms with E-state index in [2.05, 4.69) is 71.4 Å². The van der Waals surface area contributed by atoms with E-state index in [1.54, 1.807) is 12.1 Å². The second kappa shape index (κ2) is 19.8. The number of esters is 1. The molecule has 0 bridgehead atoms. The molecule has 0 saturated heterocycles. The molecule has 1 N–H and O–H groups in total. The van der Waals surface area contributed by atoms with E-state index in [0.29, 0.717) is 102 Å². The predicted molar refractivity (Wildman–Crippen MR) is 217 cm³/mol. The number of hydrogen-bond acceptors (Lipinski definition) is 10. The molecule has 12 heteroatoms. The summed E-state index contributed by atoms with van der Waals surface area (Å²) >= 11 is 0. The van der Waals surface area contributed by atoms with Crippen LogP contribution in [0.4, 0.5) is 0 Å². The molecule has 0 aromatic heterocycles. The van der Waals surface area contributed by atoms with E-state index in [-0.39, 0.29) is 18.0 Å². The van der Waals surface area contributed by atoms with Gasteiger partial charge in [-0.05, 0) is 88.8 Å². The van der Waals surface area contributed by atoms with Crippen molar-refractivity contribution in [1.29, 1.82) is 5.26 Å². The second-order valence-electron chi connectivity index (χ2n) is 15.7. The zero-order chi connectivity index (χ0) is 40.4. The van der Waals surface area contributed by atoms with Crippen molar-refractivity contribution in [3.8, 4) is 29.1 Å². The van der Waals surface area contributed by atoms with Gasteiger partial charge < -0.3 is 33.3 Å². The minimum atomic E-state index is -1.28. The summed E-state index contributed by atoms with van der Waals surface area (Å²) in [7, 11) is -1.25. The topological polar surface area (TPSA) is 129 Å². The van der Waals surface area contributed by atoms with E-state index in [1.807, 2.05) is 42.5 Å². The van der Waals surface area contributed by atoms with E-state index in [0.717, 1.165) is 25.7 Å². The molecule has 3 aromatic carbocycles. The van der Waals surface area contributed by atoms with Crippen LogP contribution in [0.2, 0.25) is 0 Å². The van der Waals surface area contributed by atoms with Crippen LogP contribution in [0.3, 0.4) is 0 Å². The molecule has 5 rings (SSSR count). The standard InChI is InChI=1S/C44H58N3O8P/c1-29(2)27-50-34-15-18-38-40(25-34)54-41-26-35(51-28-30(3)4)16-19-39(41)44(38)37-17-14-33(24-36(37)43(49)55-44)42(48)46-21-11-9-10-12-22-52-56(53-23-13-20-45)47(31(5)6)32(7)8/h14-19,24-26,29-32H,9-13,21-23,27-28H2,1-8H3,(H,46,48). The third-order valence-corrected chi connectivity index (χ3v) is 11.5. The fourth-order valence-corrected chi connectivity index (χ4v) is 8.50. The van der Waals surface area contributed by atoms with E-state index in [9.17, 15) is 9.59 Å². The molecule has 0 fully saturated rings. The van der Waals surface area contributed by atoms with E-state index in [4.69, 9.17) is 33.3 Å². The first kappa shape index (κ1) is 42.9. The lowest BCUT2D eigenvalue weighted by Crippen LogP contribution is -2.33. The quantitative estimate of drug-likeness (QED) is 0.0633. The van der Waals surface area contributed by atoms with Crippen molar-refractivity contribution in [2.45, 2.75) is 105 Å². The highest BCUT2D eigenvalue weighted by Crippen LogP contribution is 2.57. The molecule has 1 amide bonds. The number of fused-ring (bicyclic) bond motifs is 6. The maximum Gasteiger partial charge on any atom is 0.340 e. The number of nitriles is 1. The number of carbonyl (C=O) groups is 2. The van der Waals surface area contributed by atoms with Crippen molar-refractivity contribution in [3.05, 3.63) is 82.4 Å². The molecule has 2 aliphatic heterocycles. The molecule has 56 heavy (non-hydrogen) atoms. The van der Waals surface area contributed by atoms with E-state index >= 15 is 0 Å². The highest BCUT2D eigenvalue weighted by molar-refractivity contribution is 7.44. The SMILES string of the molecule is CC(C)COc1ccc2c(c1)Oc1cc(OCC(C)C)ccc1C21OC(=O)c2cc(C(=O)NCCCCCCOP(OCCC#N)N(C(C)C)C(C)C)ccc21. The summed E-state index contributed by atoms with van der Waals surface area (Å²) in [5.74, 6) is 2.26. The lowest BCUT2D eigenvalue weighted by molar-refractivity contribution is 0.0223. The van der Waals surface area contributed by atoms with Crippen LogP contribution >= 0.6 is 8.53 Å². The minimum absolute atomic E-state index is 0.251. The molecule has 0 radical (unpaired) electrons. The summed E-state index contributed by atoms with van der Waals surface area (Å²) in [6.07, 6.45) is 3.86. The van der Waals surface area contributed by atoms with Gasteiger partial charge in [-0.15, -0.1) is 0 Å². The number of nitrogens with zero attached hydrogens (tertiary/aromatic N) is 2. The Morgan fingerprint density at radius 3 is 1.93 bits per heavy atom. The van der Waals surface area contributed by atoms with Gasteiger partial charge >= 0.3 is 5.97 Å². The fraction of sp³-hybridized carbons (Fsp3) is 0.523. The summed E-state index contributed by atoms with van der Waals surface area (Å²) in [6.45, 7) is 19.3. The Hall–Kier alpha value is -4.20. The number of hydrogen-bond donors (Lipinski definition) is 1. The summed E-state index contributed by atoms with van der Waals surface area (Å²) in [4.78, 5) is 27.1. The van der Waals surface area contributed by atoms with Gasteiger partial charge in [-0.25, -0.2) is 9.46 Å². The van der Waals surface area contributed by atoms with Crippen LogP contribution in [-0.2, 0) is 19.4 Å². The fourth-order valence-electron chi connectivity index (χ4n) is 6.88. The molecule has 1 atom stereocenters. The summed E-state index contributed by atoms with van der Waals surface area (Å²) in [5, 5.41) is 12.0. The number of nitrogens with one attached hydrogen (secondary N) is 1. The Balaban J connectivity index is 1.24. The van der Waals surface area contributed by atoms with Crippen LogP contribution in [0.1, 0.15) is 125 Å². The Morgan fingerprint density at radius 2 is 1.36 bits per heavy atom. The molecule has 2 aliphatic rings. The Labute approximate surface area is 333 Å². The van der Waals surface area contributed by atoms with Crippen LogP contribution in [0.15, 0.2) is 54.6 Å². The average Bonchev–Trinajstić information content (AvgIpc) is 3.44. The highest BCUT2D eigenvalue weighted by atomic mass is 31.2. The van der Waals surface area contributed by atoms with Crippen molar-refractivity contribution in [3.63, 3.8) is 0 Å². The maximum atomic E-state index is 13.7. The first-order valence-electron chi connectivity index (χ1n) is 19.9. The molecular weight excluding hydrogens is 729 g/mol. The first-order valence-corrected chi connectivity index (χ1v) is 21.1. The van der Waals surface area contributed by atoms with Crippen LogP contribution in [0.5, 0.6) is 23.0 Å². The summed E-state index contributed by atoms with van der Waals surface area (Å²) < 4.78 is 39.3. The van der Waals surface area contributed by atoms with Gasteiger partial charge in [0, 0.05) is 53.0 Å². The van der Waals surface area contributed by atoms with E-state index in [1.165, 1.54) is 0 Å². The lowest BCUT2D eigenvalue weighted by Gasteiger charge is -2.36. The van der Waals surface area contributed by atoms with Crippen molar-refractivity contribution < 1.29 is 37.6 Å². The Bertz CT molecular complexity index is 1790. The van der Waals surface area contributed by atoms with Crippen LogP contribution in [0.25, 0.3) is 0 Å². The number of benzene rings is 3. The van der Waals surface area contributed by atoms with Crippen molar-refractivity contribution in [2.24, 2.45) is 11.8 Å². The molecule has 302 valence electrons. The Morgan fingerprint density at radius 1 is 0.786 bits per heavy atom. The van der Waals surface area contributed by atoms with Gasteiger partial charge in [-0.3, -0.25) is 4.79 Å². The number of carbonyl (C=O) groups excluding carboxylic acids is 2. The average molecular weight is 788 g/mol. The number of amides is 1. The molecule has 0 saturated carbocycles. The van der Waals surface area contributed by atoms with Crippen LogP contribution in [-0.4, -0.2) is 61.6 Å². The van der Waals surface area contributed by atoms with E-state index < -0.39 is 20.1 Å². The molecular formula is C44H58N3O8P. The summed E-state index contributed by atoms with van der Waals surface area (Å²) in [6, 6.07) is 19.0. The molecule has 2 heterocycles. The highest BCUT2D eigenvalue weighted by Gasteiger charge is 2.54. The minimum Gasteiger partial charge on any atom is -0.493 e. The van der Waals surface area contributed by atoms with Gasteiger partial charge in [0.2, 0.25) is 0 Å². The van der Waals surface area contributed by atoms with Gasteiger partial charge in [0.05, 0.1) is 44.5 Å². The number of rotatable bonds is 21. The summed E-state index contributed by atoms with van der Waals surface area (Å²) in [5.41, 5.74) is 1.43. The van der Waals surface area contributed by atoms with Crippen LogP contribution in [0, 0.1) is 23.2 Å². The van der Waals surface area contributed by atoms with Gasteiger partial charge in [0.15, 0.2) is 5.60 Å². The van der Waals surface area contributed by atoms with Crippen molar-refractivity contribution in [2.75, 3.05) is 33.0 Å². The van der Waals surface area contributed by atoms with Gasteiger partial charge in [0.1, 0.15) is 23.0 Å². The zero-order valence-electron chi connectivity index (χ0n) is 34.2. The largest absolute Gasteiger partial charge is 0.493 e. The molecule has 1 spiro atoms. The molecule has 3 aromatic rings. The maximum absolute atomic E-state index is 13.7. The monoisotopic (exact) mass is 787 g/mol. The smallest absolute Gasteiger partial charge is 0.340 e.